The van der Waals surface area contributed by atoms with Crippen LogP contribution in [0.5, 0.6) is 0 Å². The van der Waals surface area contributed by atoms with Crippen LogP contribution in [0.2, 0.25) is 0 Å². The van der Waals surface area contributed by atoms with Crippen molar-refractivity contribution in [2.45, 2.75) is 46.0 Å². The predicted octanol–water partition coefficient (Wildman–Crippen LogP) is 5.18. The first kappa shape index (κ1) is 13.9. The molecule has 0 heterocycles. The third-order valence-electron chi connectivity index (χ3n) is 3.53. The summed E-state index contributed by atoms with van der Waals surface area (Å²) in [5.74, 6) is 0. The van der Waals surface area contributed by atoms with Gasteiger partial charge in [-0.2, -0.15) is 0 Å². The molecule has 0 unspecified atom stereocenters. The van der Waals surface area contributed by atoms with Crippen LogP contribution in [-0.2, 0) is 19.3 Å². The topological polar surface area (TPSA) is 0 Å². The fourth-order valence-electron chi connectivity index (χ4n) is 2.46. The van der Waals surface area contributed by atoms with Gasteiger partial charge in [0, 0.05) is 0 Å². The lowest BCUT2D eigenvalue weighted by Gasteiger charge is -2.05. The Kier molecular flexibility index (Phi) is 5.20. The van der Waals surface area contributed by atoms with Gasteiger partial charge in [-0.05, 0) is 41.5 Å². The summed E-state index contributed by atoms with van der Waals surface area (Å²) in [5.41, 5.74) is 5.71. The molecule has 19 heavy (non-hydrogen) atoms. The second-order valence-electron chi connectivity index (χ2n) is 5.31. The normalized spacial score (nSPS) is 10.6. The van der Waals surface area contributed by atoms with Gasteiger partial charge in [-0.15, -0.1) is 0 Å². The first-order chi connectivity index (χ1) is 9.31. The van der Waals surface area contributed by atoms with Crippen LogP contribution in [0.1, 0.15) is 48.9 Å². The quantitative estimate of drug-likeness (QED) is 0.664. The SMILES string of the molecule is CCCc1ccc(Cc2ccc(CCC)cc2)cc1. The molecule has 0 heteroatoms. The summed E-state index contributed by atoms with van der Waals surface area (Å²) in [4.78, 5) is 0. The van der Waals surface area contributed by atoms with Crippen molar-refractivity contribution in [1.29, 1.82) is 0 Å². The molecule has 0 spiro atoms. The highest BCUT2D eigenvalue weighted by molar-refractivity contribution is 5.30. The highest BCUT2D eigenvalue weighted by atomic mass is 14.0. The van der Waals surface area contributed by atoms with Gasteiger partial charge in [0.25, 0.3) is 0 Å². The van der Waals surface area contributed by atoms with Crippen LogP contribution in [-0.4, -0.2) is 0 Å². The molecule has 0 atom stereocenters. The van der Waals surface area contributed by atoms with Crippen molar-refractivity contribution in [2.24, 2.45) is 0 Å². The molecule has 0 saturated heterocycles. The molecule has 0 radical (unpaired) electrons. The van der Waals surface area contributed by atoms with Gasteiger partial charge in [0.1, 0.15) is 0 Å². The zero-order valence-corrected chi connectivity index (χ0v) is 12.2. The predicted molar refractivity (Wildman–Crippen MR) is 83.7 cm³/mol. The summed E-state index contributed by atoms with van der Waals surface area (Å²) in [5, 5.41) is 0. The van der Waals surface area contributed by atoms with Crippen LogP contribution in [0.4, 0.5) is 0 Å². The van der Waals surface area contributed by atoms with E-state index in [0.717, 1.165) is 6.42 Å². The molecule has 0 aromatic heterocycles. The molecule has 100 valence electrons. The van der Waals surface area contributed by atoms with E-state index in [0.29, 0.717) is 0 Å². The smallest absolute Gasteiger partial charge is 0.00258 e. The third-order valence-corrected chi connectivity index (χ3v) is 3.53. The number of rotatable bonds is 6. The lowest BCUT2D eigenvalue weighted by Crippen LogP contribution is -1.91. The van der Waals surface area contributed by atoms with Crippen molar-refractivity contribution in [3.05, 3.63) is 70.8 Å². The number of aryl methyl sites for hydroxylation is 2. The minimum Gasteiger partial charge on any atom is -0.0651 e. The average molecular weight is 252 g/mol. The molecule has 2 aromatic rings. The lowest BCUT2D eigenvalue weighted by atomic mass is 10.0. The van der Waals surface area contributed by atoms with E-state index in [-0.39, 0.29) is 0 Å². The summed E-state index contributed by atoms with van der Waals surface area (Å²) in [6.07, 6.45) is 5.85. The first-order valence-corrected chi connectivity index (χ1v) is 7.47. The van der Waals surface area contributed by atoms with Crippen molar-refractivity contribution in [3.63, 3.8) is 0 Å². The van der Waals surface area contributed by atoms with E-state index in [4.69, 9.17) is 0 Å². The molecule has 0 aliphatic rings. The maximum Gasteiger partial charge on any atom is -0.00258 e. The summed E-state index contributed by atoms with van der Waals surface area (Å²) in [7, 11) is 0. The monoisotopic (exact) mass is 252 g/mol. The van der Waals surface area contributed by atoms with E-state index in [1.54, 1.807) is 0 Å². The Morgan fingerprint density at radius 2 is 0.842 bits per heavy atom. The fourth-order valence-corrected chi connectivity index (χ4v) is 2.46. The Labute approximate surface area is 117 Å². The standard InChI is InChI=1S/C19H24/c1-3-5-16-7-11-18(12-8-16)15-19-13-9-17(6-4-2)10-14-19/h7-14H,3-6,15H2,1-2H3. The Balaban J connectivity index is 1.99. The van der Waals surface area contributed by atoms with Gasteiger partial charge in [0.05, 0.1) is 0 Å². The van der Waals surface area contributed by atoms with Gasteiger partial charge in [-0.1, -0.05) is 75.2 Å². The summed E-state index contributed by atoms with van der Waals surface area (Å²) in [6.45, 7) is 4.46. The molecule has 0 nitrogen and oxygen atoms in total. The Morgan fingerprint density at radius 1 is 0.526 bits per heavy atom. The molecular formula is C19H24. The van der Waals surface area contributed by atoms with E-state index >= 15 is 0 Å². The maximum absolute atomic E-state index is 2.27. The maximum atomic E-state index is 2.27. The Hall–Kier alpha value is -1.56. The number of benzene rings is 2. The molecule has 0 amide bonds. The van der Waals surface area contributed by atoms with Crippen molar-refractivity contribution in [3.8, 4) is 0 Å². The van der Waals surface area contributed by atoms with Gasteiger partial charge in [0.15, 0.2) is 0 Å². The van der Waals surface area contributed by atoms with Crippen LogP contribution in [0.15, 0.2) is 48.5 Å². The summed E-state index contributed by atoms with van der Waals surface area (Å²) < 4.78 is 0. The van der Waals surface area contributed by atoms with E-state index in [1.807, 2.05) is 0 Å². The largest absolute Gasteiger partial charge is 0.0651 e. The van der Waals surface area contributed by atoms with Crippen LogP contribution < -0.4 is 0 Å². The minimum absolute atomic E-state index is 1.04. The zero-order valence-electron chi connectivity index (χ0n) is 12.2. The third kappa shape index (κ3) is 4.24. The molecule has 2 rings (SSSR count). The highest BCUT2D eigenvalue weighted by Gasteiger charge is 1.98. The van der Waals surface area contributed by atoms with E-state index < -0.39 is 0 Å². The van der Waals surface area contributed by atoms with Crippen molar-refractivity contribution >= 4 is 0 Å². The lowest BCUT2D eigenvalue weighted by molar-refractivity contribution is 0.918. The molecule has 0 aliphatic carbocycles. The molecule has 0 fully saturated rings. The van der Waals surface area contributed by atoms with Crippen LogP contribution in [0.3, 0.4) is 0 Å². The highest BCUT2D eigenvalue weighted by Crippen LogP contribution is 2.13. The Morgan fingerprint density at radius 3 is 1.16 bits per heavy atom. The zero-order chi connectivity index (χ0) is 13.5. The van der Waals surface area contributed by atoms with E-state index in [2.05, 4.69) is 62.4 Å². The molecule has 0 bridgehead atoms. The number of hydrogen-bond donors (Lipinski definition) is 0. The molecule has 0 N–H and O–H groups in total. The first-order valence-electron chi connectivity index (χ1n) is 7.47. The molecule has 2 aromatic carbocycles. The second kappa shape index (κ2) is 7.13. The van der Waals surface area contributed by atoms with E-state index in [1.165, 1.54) is 47.9 Å². The van der Waals surface area contributed by atoms with Gasteiger partial charge in [-0.25, -0.2) is 0 Å². The second-order valence-corrected chi connectivity index (χ2v) is 5.31. The molecular weight excluding hydrogens is 228 g/mol. The van der Waals surface area contributed by atoms with E-state index in [9.17, 15) is 0 Å². The van der Waals surface area contributed by atoms with Crippen molar-refractivity contribution in [1.82, 2.24) is 0 Å². The number of hydrogen-bond acceptors (Lipinski definition) is 0. The van der Waals surface area contributed by atoms with Gasteiger partial charge in [0.2, 0.25) is 0 Å². The fraction of sp³-hybridized carbons (Fsp3) is 0.368. The van der Waals surface area contributed by atoms with Crippen molar-refractivity contribution < 1.29 is 0 Å². The van der Waals surface area contributed by atoms with Crippen molar-refractivity contribution in [2.75, 3.05) is 0 Å². The van der Waals surface area contributed by atoms with Gasteiger partial charge < -0.3 is 0 Å². The van der Waals surface area contributed by atoms with Gasteiger partial charge >= 0.3 is 0 Å². The van der Waals surface area contributed by atoms with Gasteiger partial charge in [-0.3, -0.25) is 0 Å². The summed E-state index contributed by atoms with van der Waals surface area (Å²) >= 11 is 0. The minimum atomic E-state index is 1.04. The average Bonchev–Trinajstić information content (AvgIpc) is 2.44. The van der Waals surface area contributed by atoms with Crippen LogP contribution in [0, 0.1) is 0 Å². The van der Waals surface area contributed by atoms with Crippen LogP contribution >= 0.6 is 0 Å². The Bertz CT molecular complexity index is 429. The summed E-state index contributed by atoms with van der Waals surface area (Å²) in [6, 6.07) is 18.1. The van der Waals surface area contributed by atoms with Crippen LogP contribution in [0.25, 0.3) is 0 Å². The molecule has 0 saturated carbocycles. The molecule has 0 aliphatic heterocycles.